The number of hydrogen-bond donors (Lipinski definition) is 2. The number of benzene rings is 1. The van der Waals surface area contributed by atoms with Crippen molar-refractivity contribution in [2.75, 3.05) is 5.32 Å². The maximum absolute atomic E-state index is 13.1. The quantitative estimate of drug-likeness (QED) is 0.571. The van der Waals surface area contributed by atoms with Gasteiger partial charge in [0.05, 0.1) is 5.52 Å². The van der Waals surface area contributed by atoms with Crippen LogP contribution in [0.1, 0.15) is 49.4 Å². The minimum Gasteiger partial charge on any atom is -0.506 e. The molecule has 1 aromatic carbocycles. The molecule has 6 nitrogen and oxygen atoms in total. The second kappa shape index (κ2) is 9.17. The van der Waals surface area contributed by atoms with Gasteiger partial charge in [0.2, 0.25) is 0 Å². The van der Waals surface area contributed by atoms with Crippen LogP contribution in [0.2, 0.25) is 0 Å². The zero-order chi connectivity index (χ0) is 19.9. The van der Waals surface area contributed by atoms with E-state index in [2.05, 4.69) is 17.2 Å². The summed E-state index contributed by atoms with van der Waals surface area (Å²) >= 11 is 0. The van der Waals surface area contributed by atoms with Gasteiger partial charge in [0, 0.05) is 30.0 Å². The van der Waals surface area contributed by atoms with Crippen LogP contribution in [0.3, 0.4) is 0 Å². The number of rotatable bonds is 8. The van der Waals surface area contributed by atoms with E-state index in [1.807, 2.05) is 6.07 Å². The molecular formula is C22H25N3O3. The van der Waals surface area contributed by atoms with E-state index in [0.29, 0.717) is 23.1 Å². The summed E-state index contributed by atoms with van der Waals surface area (Å²) in [6.07, 6.45) is 8.41. The zero-order valence-electron chi connectivity index (χ0n) is 16.0. The Morgan fingerprint density at radius 2 is 1.79 bits per heavy atom. The summed E-state index contributed by atoms with van der Waals surface area (Å²) in [4.78, 5) is 29.8. The van der Waals surface area contributed by atoms with Gasteiger partial charge in [0.15, 0.2) is 0 Å². The standard InChI is InChI=1S/C22H25N3O3/c1-2-3-4-5-8-15-25-18-10-7-6-9-17(18)20(26)19(22(25)28)21(27)24-16-11-13-23-14-12-16/h6-7,9-14,26H,2-5,8,15H2,1H3,(H,23,24,27). The number of carbonyl (C=O) groups excluding carboxylic acids is 1. The number of nitrogens with one attached hydrogen (secondary N) is 1. The van der Waals surface area contributed by atoms with Gasteiger partial charge in [-0.1, -0.05) is 44.7 Å². The molecule has 3 aromatic rings. The van der Waals surface area contributed by atoms with Gasteiger partial charge >= 0.3 is 0 Å². The van der Waals surface area contributed by atoms with Crippen molar-refractivity contribution >= 4 is 22.5 Å². The topological polar surface area (TPSA) is 84.2 Å². The fraction of sp³-hybridized carbons (Fsp3) is 0.318. The molecule has 2 N–H and O–H groups in total. The minimum absolute atomic E-state index is 0.232. The third-order valence-corrected chi connectivity index (χ3v) is 4.80. The number of pyridine rings is 2. The van der Waals surface area contributed by atoms with Crippen LogP contribution < -0.4 is 10.9 Å². The van der Waals surface area contributed by atoms with E-state index in [-0.39, 0.29) is 11.3 Å². The summed E-state index contributed by atoms with van der Waals surface area (Å²) in [6.45, 7) is 2.67. The Hall–Kier alpha value is -3.15. The van der Waals surface area contributed by atoms with E-state index >= 15 is 0 Å². The second-order valence-corrected chi connectivity index (χ2v) is 6.80. The van der Waals surface area contributed by atoms with Crippen molar-refractivity contribution in [1.29, 1.82) is 0 Å². The van der Waals surface area contributed by atoms with Gasteiger partial charge < -0.3 is 15.0 Å². The van der Waals surface area contributed by atoms with Crippen molar-refractivity contribution in [3.8, 4) is 5.75 Å². The van der Waals surface area contributed by atoms with E-state index in [9.17, 15) is 14.7 Å². The number of fused-ring (bicyclic) bond motifs is 1. The fourth-order valence-corrected chi connectivity index (χ4v) is 3.32. The van der Waals surface area contributed by atoms with Crippen LogP contribution in [-0.2, 0) is 6.54 Å². The molecule has 0 aliphatic rings. The molecule has 6 heteroatoms. The Labute approximate surface area is 163 Å². The van der Waals surface area contributed by atoms with Crippen LogP contribution in [-0.4, -0.2) is 20.6 Å². The number of aromatic hydroxyl groups is 1. The largest absolute Gasteiger partial charge is 0.506 e. The molecule has 2 heterocycles. The van der Waals surface area contributed by atoms with Crippen LogP contribution in [0, 0.1) is 0 Å². The predicted molar refractivity (Wildman–Crippen MR) is 111 cm³/mol. The normalized spacial score (nSPS) is 10.9. The molecular weight excluding hydrogens is 354 g/mol. The van der Waals surface area contributed by atoms with E-state index in [4.69, 9.17) is 0 Å². The van der Waals surface area contributed by atoms with Gasteiger partial charge in [0.1, 0.15) is 11.3 Å². The van der Waals surface area contributed by atoms with Gasteiger partial charge in [0.25, 0.3) is 11.5 Å². The Morgan fingerprint density at radius 3 is 2.54 bits per heavy atom. The highest BCUT2D eigenvalue weighted by Gasteiger charge is 2.22. The van der Waals surface area contributed by atoms with Crippen LogP contribution in [0.25, 0.3) is 10.9 Å². The average Bonchev–Trinajstić information content (AvgIpc) is 2.71. The summed E-state index contributed by atoms with van der Waals surface area (Å²) < 4.78 is 1.60. The van der Waals surface area contributed by atoms with Gasteiger partial charge in [-0.05, 0) is 30.7 Å². The molecule has 0 fully saturated rings. The molecule has 1 amide bonds. The number of aromatic nitrogens is 2. The molecule has 2 aromatic heterocycles. The molecule has 0 aliphatic carbocycles. The first kappa shape index (κ1) is 19.6. The number of para-hydroxylation sites is 1. The first-order valence-electron chi connectivity index (χ1n) is 9.69. The number of amides is 1. The Bertz CT molecular complexity index is 1010. The van der Waals surface area contributed by atoms with Crippen LogP contribution in [0.15, 0.2) is 53.6 Å². The second-order valence-electron chi connectivity index (χ2n) is 6.80. The summed E-state index contributed by atoms with van der Waals surface area (Å²) in [7, 11) is 0. The zero-order valence-corrected chi connectivity index (χ0v) is 16.0. The number of unbranched alkanes of at least 4 members (excludes halogenated alkanes) is 4. The molecule has 0 saturated heterocycles. The van der Waals surface area contributed by atoms with E-state index < -0.39 is 11.5 Å². The van der Waals surface area contributed by atoms with Gasteiger partial charge in [-0.15, -0.1) is 0 Å². The third kappa shape index (κ3) is 4.22. The summed E-state index contributed by atoms with van der Waals surface area (Å²) in [5.41, 5.74) is 0.446. The maximum Gasteiger partial charge on any atom is 0.267 e. The SMILES string of the molecule is CCCCCCCn1c(=O)c(C(=O)Nc2ccncc2)c(O)c2ccccc21. The lowest BCUT2D eigenvalue weighted by Crippen LogP contribution is -2.30. The van der Waals surface area contributed by atoms with Crippen molar-refractivity contribution in [3.05, 3.63) is 64.7 Å². The smallest absolute Gasteiger partial charge is 0.267 e. The molecule has 0 aliphatic heterocycles. The summed E-state index contributed by atoms with van der Waals surface area (Å²) in [5, 5.41) is 13.8. The molecule has 3 rings (SSSR count). The van der Waals surface area contributed by atoms with Crippen LogP contribution >= 0.6 is 0 Å². The highest BCUT2D eigenvalue weighted by molar-refractivity contribution is 6.09. The van der Waals surface area contributed by atoms with E-state index in [1.54, 1.807) is 47.3 Å². The van der Waals surface area contributed by atoms with Crippen LogP contribution in [0.4, 0.5) is 5.69 Å². The van der Waals surface area contributed by atoms with Crippen molar-refractivity contribution < 1.29 is 9.90 Å². The Balaban J connectivity index is 1.98. The molecule has 0 unspecified atom stereocenters. The maximum atomic E-state index is 13.1. The molecule has 0 bridgehead atoms. The van der Waals surface area contributed by atoms with Crippen molar-refractivity contribution in [2.24, 2.45) is 0 Å². The number of carbonyl (C=O) groups is 1. The molecule has 0 saturated carbocycles. The van der Waals surface area contributed by atoms with Crippen molar-refractivity contribution in [3.63, 3.8) is 0 Å². The molecule has 28 heavy (non-hydrogen) atoms. The average molecular weight is 379 g/mol. The number of anilines is 1. The Morgan fingerprint density at radius 1 is 1.07 bits per heavy atom. The predicted octanol–water partition coefficient (Wildman–Crippen LogP) is 4.32. The number of hydrogen-bond acceptors (Lipinski definition) is 4. The van der Waals surface area contributed by atoms with E-state index in [0.717, 1.165) is 25.7 Å². The lowest BCUT2D eigenvalue weighted by Gasteiger charge is -2.15. The first-order chi connectivity index (χ1) is 13.6. The van der Waals surface area contributed by atoms with Crippen molar-refractivity contribution in [1.82, 2.24) is 9.55 Å². The molecule has 146 valence electrons. The Kier molecular flexibility index (Phi) is 6.42. The lowest BCUT2D eigenvalue weighted by atomic mass is 10.1. The van der Waals surface area contributed by atoms with E-state index in [1.165, 1.54) is 6.42 Å². The number of nitrogens with zero attached hydrogens (tertiary/aromatic N) is 2. The fourth-order valence-electron chi connectivity index (χ4n) is 3.32. The number of aryl methyl sites for hydroxylation is 1. The minimum atomic E-state index is -0.626. The van der Waals surface area contributed by atoms with Gasteiger partial charge in [-0.2, -0.15) is 0 Å². The highest BCUT2D eigenvalue weighted by Crippen LogP contribution is 2.27. The molecule has 0 spiro atoms. The monoisotopic (exact) mass is 379 g/mol. The lowest BCUT2D eigenvalue weighted by molar-refractivity contribution is 0.102. The van der Waals surface area contributed by atoms with Crippen LogP contribution in [0.5, 0.6) is 5.75 Å². The molecule has 0 atom stereocenters. The van der Waals surface area contributed by atoms with Gasteiger partial charge in [-0.25, -0.2) is 0 Å². The summed E-state index contributed by atoms with van der Waals surface area (Å²) in [5.74, 6) is -0.909. The van der Waals surface area contributed by atoms with Gasteiger partial charge in [-0.3, -0.25) is 14.6 Å². The highest BCUT2D eigenvalue weighted by atomic mass is 16.3. The van der Waals surface area contributed by atoms with Crippen molar-refractivity contribution in [2.45, 2.75) is 45.6 Å². The first-order valence-corrected chi connectivity index (χ1v) is 9.69. The third-order valence-electron chi connectivity index (χ3n) is 4.80. The summed E-state index contributed by atoms with van der Waals surface area (Å²) in [6, 6.07) is 10.4. The molecule has 0 radical (unpaired) electrons.